The van der Waals surface area contributed by atoms with Crippen LogP contribution in [0.4, 0.5) is 5.69 Å². The molecule has 2 rings (SSSR count). The Kier molecular flexibility index (Phi) is 5.21. The highest BCUT2D eigenvalue weighted by molar-refractivity contribution is 5.78. The van der Waals surface area contributed by atoms with Crippen LogP contribution < -0.4 is 15.8 Å². The molecule has 0 fully saturated rings. The van der Waals surface area contributed by atoms with E-state index in [1.54, 1.807) is 19.2 Å². The smallest absolute Gasteiger partial charge is 0.224 e. The van der Waals surface area contributed by atoms with Crippen LogP contribution in [0.25, 0.3) is 0 Å². The molecule has 110 valence electrons. The number of anilines is 1. The van der Waals surface area contributed by atoms with Gasteiger partial charge in [-0.05, 0) is 41.8 Å². The number of rotatable bonds is 6. The van der Waals surface area contributed by atoms with Crippen LogP contribution in [0.2, 0.25) is 0 Å². The van der Waals surface area contributed by atoms with Crippen LogP contribution in [0, 0.1) is 0 Å². The summed E-state index contributed by atoms with van der Waals surface area (Å²) in [5.74, 6) is 0.861. The van der Waals surface area contributed by atoms with Gasteiger partial charge >= 0.3 is 0 Å². The summed E-state index contributed by atoms with van der Waals surface area (Å²) >= 11 is 0. The number of benzene rings is 2. The van der Waals surface area contributed by atoms with Crippen molar-refractivity contribution in [3.8, 4) is 5.75 Å². The Labute approximate surface area is 124 Å². The third-order valence-electron chi connectivity index (χ3n) is 3.24. The Hall–Kier alpha value is -2.49. The van der Waals surface area contributed by atoms with Gasteiger partial charge < -0.3 is 15.8 Å². The van der Waals surface area contributed by atoms with Gasteiger partial charge in [0.15, 0.2) is 0 Å². The van der Waals surface area contributed by atoms with E-state index in [0.29, 0.717) is 18.7 Å². The van der Waals surface area contributed by atoms with Crippen molar-refractivity contribution < 1.29 is 9.53 Å². The monoisotopic (exact) mass is 284 g/mol. The molecule has 21 heavy (non-hydrogen) atoms. The van der Waals surface area contributed by atoms with Crippen LogP contribution in [0.15, 0.2) is 48.5 Å². The maximum Gasteiger partial charge on any atom is 0.224 e. The Morgan fingerprint density at radius 1 is 1.05 bits per heavy atom. The minimum atomic E-state index is 0.0216. The molecule has 2 aromatic carbocycles. The number of methoxy groups -OCH3 is 1. The van der Waals surface area contributed by atoms with Gasteiger partial charge in [-0.2, -0.15) is 0 Å². The number of carbonyl (C=O) groups is 1. The topological polar surface area (TPSA) is 64.3 Å². The van der Waals surface area contributed by atoms with E-state index in [0.717, 1.165) is 17.7 Å². The van der Waals surface area contributed by atoms with Crippen molar-refractivity contribution in [1.29, 1.82) is 0 Å². The molecule has 0 heterocycles. The Balaban J connectivity index is 1.74. The van der Waals surface area contributed by atoms with Crippen molar-refractivity contribution in [2.75, 3.05) is 19.4 Å². The molecule has 4 nitrogen and oxygen atoms in total. The summed E-state index contributed by atoms with van der Waals surface area (Å²) in [6.45, 7) is 0.625. The van der Waals surface area contributed by atoms with E-state index < -0.39 is 0 Å². The van der Waals surface area contributed by atoms with Gasteiger partial charge in [0.25, 0.3) is 0 Å². The Morgan fingerprint density at radius 2 is 1.67 bits per heavy atom. The van der Waals surface area contributed by atoms with E-state index in [-0.39, 0.29) is 5.91 Å². The fourth-order valence-electron chi connectivity index (χ4n) is 2.02. The first kappa shape index (κ1) is 14.9. The SMILES string of the molecule is COc1ccc(CCNC(=O)Cc2ccc(N)cc2)cc1. The van der Waals surface area contributed by atoms with E-state index in [9.17, 15) is 4.79 Å². The van der Waals surface area contributed by atoms with Crippen LogP contribution >= 0.6 is 0 Å². The predicted octanol–water partition coefficient (Wildman–Crippen LogP) is 2.18. The molecule has 2 aromatic rings. The van der Waals surface area contributed by atoms with E-state index in [1.807, 2.05) is 36.4 Å². The van der Waals surface area contributed by atoms with Crippen molar-refractivity contribution >= 4 is 11.6 Å². The van der Waals surface area contributed by atoms with E-state index in [1.165, 1.54) is 5.56 Å². The van der Waals surface area contributed by atoms with Gasteiger partial charge in [-0.15, -0.1) is 0 Å². The molecule has 3 N–H and O–H groups in total. The molecule has 0 spiro atoms. The van der Waals surface area contributed by atoms with Crippen LogP contribution in [-0.2, 0) is 17.6 Å². The van der Waals surface area contributed by atoms with Gasteiger partial charge in [-0.1, -0.05) is 24.3 Å². The molecule has 0 bridgehead atoms. The lowest BCUT2D eigenvalue weighted by Crippen LogP contribution is -2.27. The predicted molar refractivity (Wildman–Crippen MR) is 84.3 cm³/mol. The van der Waals surface area contributed by atoms with Crippen molar-refractivity contribution in [2.45, 2.75) is 12.8 Å². The second kappa shape index (κ2) is 7.33. The van der Waals surface area contributed by atoms with E-state index in [2.05, 4.69) is 5.32 Å². The first-order valence-corrected chi connectivity index (χ1v) is 6.91. The molecule has 0 atom stereocenters. The normalized spacial score (nSPS) is 10.1. The highest BCUT2D eigenvalue weighted by Gasteiger charge is 2.03. The molecule has 0 radical (unpaired) electrons. The minimum Gasteiger partial charge on any atom is -0.497 e. The number of nitrogens with one attached hydrogen (secondary N) is 1. The zero-order valence-electron chi connectivity index (χ0n) is 12.1. The summed E-state index contributed by atoms with van der Waals surface area (Å²) in [5.41, 5.74) is 8.45. The maximum absolute atomic E-state index is 11.8. The zero-order chi connectivity index (χ0) is 15.1. The van der Waals surface area contributed by atoms with Crippen molar-refractivity contribution in [3.05, 3.63) is 59.7 Å². The number of amides is 1. The van der Waals surface area contributed by atoms with Gasteiger partial charge in [0.1, 0.15) is 5.75 Å². The first-order chi connectivity index (χ1) is 10.2. The number of carbonyl (C=O) groups excluding carboxylic acids is 1. The first-order valence-electron chi connectivity index (χ1n) is 6.91. The average molecular weight is 284 g/mol. The molecule has 0 saturated carbocycles. The molecular weight excluding hydrogens is 264 g/mol. The third-order valence-corrected chi connectivity index (χ3v) is 3.24. The molecule has 0 aliphatic carbocycles. The number of hydrogen-bond acceptors (Lipinski definition) is 3. The number of ether oxygens (including phenoxy) is 1. The lowest BCUT2D eigenvalue weighted by Gasteiger charge is -2.06. The van der Waals surface area contributed by atoms with Gasteiger partial charge in [0.05, 0.1) is 13.5 Å². The van der Waals surface area contributed by atoms with Crippen LogP contribution in [0.1, 0.15) is 11.1 Å². The summed E-state index contributed by atoms with van der Waals surface area (Å²) in [4.78, 5) is 11.8. The van der Waals surface area contributed by atoms with Gasteiger partial charge in [-0.25, -0.2) is 0 Å². The van der Waals surface area contributed by atoms with Crippen LogP contribution in [0.3, 0.4) is 0 Å². The average Bonchev–Trinajstić information content (AvgIpc) is 2.50. The maximum atomic E-state index is 11.8. The number of hydrogen-bond donors (Lipinski definition) is 2. The quantitative estimate of drug-likeness (QED) is 0.799. The lowest BCUT2D eigenvalue weighted by molar-refractivity contribution is -0.120. The van der Waals surface area contributed by atoms with Crippen molar-refractivity contribution in [1.82, 2.24) is 5.32 Å². The standard InChI is InChI=1S/C17H20N2O2/c1-21-16-8-4-13(5-9-16)10-11-19-17(20)12-14-2-6-15(18)7-3-14/h2-9H,10-12,18H2,1H3,(H,19,20). The molecule has 1 amide bonds. The molecule has 4 heteroatoms. The van der Waals surface area contributed by atoms with Crippen LogP contribution in [0.5, 0.6) is 5.75 Å². The van der Waals surface area contributed by atoms with Crippen molar-refractivity contribution in [3.63, 3.8) is 0 Å². The van der Waals surface area contributed by atoms with Gasteiger partial charge in [0, 0.05) is 12.2 Å². The number of nitrogen functional groups attached to an aromatic ring is 1. The summed E-state index contributed by atoms with van der Waals surface area (Å²) in [6, 6.07) is 15.2. The third kappa shape index (κ3) is 4.84. The van der Waals surface area contributed by atoms with Gasteiger partial charge in [0.2, 0.25) is 5.91 Å². The number of nitrogens with two attached hydrogens (primary N) is 1. The van der Waals surface area contributed by atoms with E-state index >= 15 is 0 Å². The highest BCUT2D eigenvalue weighted by Crippen LogP contribution is 2.11. The van der Waals surface area contributed by atoms with E-state index in [4.69, 9.17) is 10.5 Å². The van der Waals surface area contributed by atoms with Gasteiger partial charge in [-0.3, -0.25) is 4.79 Å². The fourth-order valence-corrected chi connectivity index (χ4v) is 2.02. The molecular formula is C17H20N2O2. The molecule has 0 aliphatic heterocycles. The molecule has 0 aliphatic rings. The highest BCUT2D eigenvalue weighted by atomic mass is 16.5. The second-order valence-electron chi connectivity index (χ2n) is 4.87. The fraction of sp³-hybridized carbons (Fsp3) is 0.235. The summed E-state index contributed by atoms with van der Waals surface area (Å²) in [5, 5.41) is 2.92. The minimum absolute atomic E-state index is 0.0216. The molecule has 0 unspecified atom stereocenters. The molecule has 0 aromatic heterocycles. The summed E-state index contributed by atoms with van der Waals surface area (Å²) in [7, 11) is 1.65. The lowest BCUT2D eigenvalue weighted by atomic mass is 10.1. The summed E-state index contributed by atoms with van der Waals surface area (Å²) < 4.78 is 5.11. The summed E-state index contributed by atoms with van der Waals surface area (Å²) in [6.07, 6.45) is 1.18. The molecule has 0 saturated heterocycles. The second-order valence-corrected chi connectivity index (χ2v) is 4.87. The van der Waals surface area contributed by atoms with Crippen LogP contribution in [-0.4, -0.2) is 19.6 Å². The van der Waals surface area contributed by atoms with Crippen molar-refractivity contribution in [2.24, 2.45) is 0 Å². The largest absolute Gasteiger partial charge is 0.497 e. The Bertz CT molecular complexity index is 577. The Morgan fingerprint density at radius 3 is 2.29 bits per heavy atom. The zero-order valence-corrected chi connectivity index (χ0v) is 12.1.